The van der Waals surface area contributed by atoms with Crippen LogP contribution in [0.4, 0.5) is 28.7 Å². The van der Waals surface area contributed by atoms with E-state index in [0.717, 1.165) is 32.3 Å². The van der Waals surface area contributed by atoms with E-state index in [1.807, 2.05) is 35.8 Å². The van der Waals surface area contributed by atoms with Crippen LogP contribution in [-0.2, 0) is 92.3 Å². The van der Waals surface area contributed by atoms with Gasteiger partial charge in [-0.05, 0) is 50.6 Å². The summed E-state index contributed by atoms with van der Waals surface area (Å²) in [4.78, 5) is 140. The van der Waals surface area contributed by atoms with Gasteiger partial charge < -0.3 is 113 Å². The summed E-state index contributed by atoms with van der Waals surface area (Å²) in [5.41, 5.74) is 5.25. The molecule has 0 radical (unpaired) electrons. The number of fused-ring (bicyclic) bond motifs is 3. The highest BCUT2D eigenvalue weighted by Crippen LogP contribution is 2.40. The van der Waals surface area contributed by atoms with Crippen LogP contribution in [0.2, 0.25) is 5.02 Å². The third-order valence-electron chi connectivity index (χ3n) is 18.0. The fourth-order valence-corrected chi connectivity index (χ4v) is 13.3. The lowest BCUT2D eigenvalue weighted by Gasteiger charge is -2.13. The maximum absolute atomic E-state index is 13.6. The Hall–Kier alpha value is -11.9. The third-order valence-corrected chi connectivity index (χ3v) is 19.5. The van der Waals surface area contributed by atoms with Crippen LogP contribution in [0.25, 0.3) is 5.00 Å². The number of rotatable bonds is 50. The van der Waals surface area contributed by atoms with Crippen LogP contribution in [-0.4, -0.2) is 255 Å². The Morgan fingerprint density at radius 3 is 1.47 bits per heavy atom. The summed E-state index contributed by atoms with van der Waals surface area (Å²) < 4.78 is 59.8. The van der Waals surface area contributed by atoms with Crippen LogP contribution in [0.5, 0.6) is 5.75 Å². The highest BCUT2D eigenvalue weighted by atomic mass is 35.5. The minimum absolute atomic E-state index is 0.00506. The van der Waals surface area contributed by atoms with E-state index in [2.05, 4.69) is 91.8 Å². The number of carbonyl (C=O) groups excluding carboxylic acids is 9. The minimum atomic E-state index is -0.641. The van der Waals surface area contributed by atoms with Crippen molar-refractivity contribution in [1.82, 2.24) is 78.8 Å². The summed E-state index contributed by atoms with van der Waals surface area (Å²) in [6, 6.07) is 11.5. The van der Waals surface area contributed by atoms with E-state index in [9.17, 15) is 43.2 Å². The second-order valence-electron chi connectivity index (χ2n) is 27.1. The van der Waals surface area contributed by atoms with E-state index < -0.39 is 47.4 Å². The molecule has 8 aromatic heterocycles. The zero-order valence-electron chi connectivity index (χ0n) is 67.9. The van der Waals surface area contributed by atoms with Crippen molar-refractivity contribution in [3.8, 4) is 10.8 Å². The zero-order valence-corrected chi connectivity index (χ0v) is 69.4. The number of amides is 9. The normalized spacial score (nSPS) is 12.2. The molecule has 9 aromatic rings. The molecule has 1 aliphatic rings. The predicted octanol–water partition coefficient (Wildman–Crippen LogP) is 4.57. The van der Waals surface area contributed by atoms with Crippen LogP contribution in [0.1, 0.15) is 118 Å². The van der Waals surface area contributed by atoms with Gasteiger partial charge in [0, 0.05) is 145 Å². The van der Waals surface area contributed by atoms with Crippen molar-refractivity contribution < 1.29 is 85.8 Å². The van der Waals surface area contributed by atoms with E-state index in [4.69, 9.17) is 59.2 Å². The number of thiophene rings is 1. The van der Waals surface area contributed by atoms with Gasteiger partial charge in [-0.2, -0.15) is 0 Å². The molecule has 1 atom stereocenters. The quantitative estimate of drug-likeness (QED) is 0.0236. The molecule has 0 unspecified atom stereocenters. The fraction of sp³-hybridized carbons (Fsp3) is 0.436. The second-order valence-corrected chi connectivity index (χ2v) is 28.8. The predicted molar refractivity (Wildman–Crippen MR) is 440 cm³/mol. The SMILES string of the molecule is Cc1sc2c(c1C)C(c1ccc(Cl)cc1)=N[C@@H](CC(=O)Nc1cncc(OCCOCCOCCOCCOCCOCCOCCOCCOCCNC(=O)CCNC(=O)c3nc(NC(=O)CCNC(=O)c4cc(NC(=O)c5nc(NC(=O)CCNC(=O)c6cc(NC(=O)c7nccn7C)cn6C)cn5C)cn4C)cn3C)c1)c1nnc(C)n1-2. The smallest absolute Gasteiger partial charge is 0.291 e. The molecule has 9 N–H and O–H groups in total. The standard InChI is InChI=1S/C78H99ClN22O18S/c1-49-50(2)120-78-67(49)68(52-9-11-53(79)12-10-52)89-58(69-95-94-51(3)101(69)78)42-66(105)86-54-39-57(44-80-43-54)119-38-37-118-36-35-117-34-33-116-32-31-115-30-29-114-28-27-113-26-25-112-24-23-111-22-20-81-63(102)13-16-85-75(108)71-92-61(47-99(71)7)90-64(103)14-17-84-74(107)60-41-56(46-98(60)6)88-77(110)72-93-62(48-100(72)8)91-65(104)15-18-83-73(106)59-40-55(45-97(59)5)87-76(109)70-82-19-21-96(70)4/h9-12,19,21,39-41,43-48,58H,13-18,20,22-38,42H2,1-8H3,(H,81,102)(H,83,106)(H,84,107)(H,85,108)(H,86,105)(H,87,109)(H,88,110)(H,90,103)(H,91,104)/t58-/m0/s1. The molecule has 9 heterocycles. The topological polar surface area (TPSA) is 464 Å². The van der Waals surface area contributed by atoms with Crippen molar-refractivity contribution in [2.24, 2.45) is 40.2 Å². The van der Waals surface area contributed by atoms with Crippen molar-refractivity contribution in [2.75, 3.05) is 165 Å². The van der Waals surface area contributed by atoms with Crippen LogP contribution < -0.4 is 52.6 Å². The lowest BCUT2D eigenvalue weighted by Crippen LogP contribution is -2.33. The van der Waals surface area contributed by atoms with Crippen molar-refractivity contribution in [3.63, 3.8) is 0 Å². The number of aromatic nitrogens is 12. The maximum Gasteiger partial charge on any atom is 0.291 e. The highest BCUT2D eigenvalue weighted by Gasteiger charge is 2.33. The summed E-state index contributed by atoms with van der Waals surface area (Å²) >= 11 is 7.91. The van der Waals surface area contributed by atoms with Crippen LogP contribution in [0.3, 0.4) is 0 Å². The molecule has 40 nitrogen and oxygen atoms in total. The molecule has 0 aliphatic carbocycles. The highest BCUT2D eigenvalue weighted by molar-refractivity contribution is 7.15. The number of imidazole rings is 3. The fourth-order valence-electron chi connectivity index (χ4n) is 12.0. The first-order chi connectivity index (χ1) is 58.0. The van der Waals surface area contributed by atoms with Crippen molar-refractivity contribution >= 4 is 111 Å². The average molecular weight is 1700 g/mol. The number of aliphatic imine (C=N–C) groups is 1. The lowest BCUT2D eigenvalue weighted by atomic mass is 9.99. The van der Waals surface area contributed by atoms with Gasteiger partial charge in [0.25, 0.3) is 29.5 Å². The molecular weight excluding hydrogens is 1600 g/mol. The monoisotopic (exact) mass is 1700 g/mol. The number of aryl methyl sites for hydroxylation is 7. The third kappa shape index (κ3) is 27.0. The van der Waals surface area contributed by atoms with Crippen molar-refractivity contribution in [1.29, 1.82) is 0 Å². The van der Waals surface area contributed by atoms with Crippen molar-refractivity contribution in [3.05, 3.63) is 159 Å². The van der Waals surface area contributed by atoms with Gasteiger partial charge in [-0.3, -0.25) is 57.7 Å². The van der Waals surface area contributed by atoms with E-state index in [-0.39, 0.29) is 123 Å². The first-order valence-electron chi connectivity index (χ1n) is 38.5. The second kappa shape index (κ2) is 45.9. The number of pyridine rings is 1. The average Bonchev–Trinajstić information content (AvgIpc) is 1.59. The van der Waals surface area contributed by atoms with Crippen LogP contribution >= 0.6 is 22.9 Å². The van der Waals surface area contributed by atoms with E-state index >= 15 is 0 Å². The molecule has 42 heteroatoms. The molecule has 0 saturated carbocycles. The molecular formula is C78H99ClN22O18S. The molecule has 0 fully saturated rings. The van der Waals surface area contributed by atoms with Gasteiger partial charge in [0.1, 0.15) is 40.6 Å². The van der Waals surface area contributed by atoms with E-state index in [1.165, 1.54) is 55.2 Å². The molecule has 1 aromatic carbocycles. The molecule has 1 aliphatic heterocycles. The van der Waals surface area contributed by atoms with Crippen molar-refractivity contribution in [2.45, 2.75) is 52.5 Å². The Morgan fingerprint density at radius 2 is 0.950 bits per heavy atom. The minimum Gasteiger partial charge on any atom is -0.489 e. The van der Waals surface area contributed by atoms with Gasteiger partial charge in [-0.15, -0.1) is 21.5 Å². The largest absolute Gasteiger partial charge is 0.489 e. The lowest BCUT2D eigenvalue weighted by molar-refractivity contribution is -0.121. The molecule has 0 spiro atoms. The molecule has 0 bridgehead atoms. The Kier molecular flexibility index (Phi) is 34.5. The Morgan fingerprint density at radius 1 is 0.467 bits per heavy atom. The summed E-state index contributed by atoms with van der Waals surface area (Å²) in [7, 11) is 8.04. The number of anilines is 5. The number of nitrogens with zero attached hydrogens (tertiary/aromatic N) is 13. The number of halogens is 1. The van der Waals surface area contributed by atoms with E-state index in [1.54, 1.807) is 82.0 Å². The molecule has 642 valence electrons. The number of ether oxygens (including phenoxy) is 9. The van der Waals surface area contributed by atoms with Gasteiger partial charge in [0.2, 0.25) is 35.3 Å². The van der Waals surface area contributed by atoms with Gasteiger partial charge >= 0.3 is 0 Å². The Balaban J connectivity index is 0.469. The number of nitrogens with one attached hydrogen (secondary N) is 9. The Bertz CT molecular complexity index is 5020. The summed E-state index contributed by atoms with van der Waals surface area (Å²) in [6.07, 6.45) is 11.9. The molecule has 10 rings (SSSR count). The van der Waals surface area contributed by atoms with Crippen LogP contribution in [0.15, 0.2) is 97.0 Å². The molecule has 9 amide bonds. The Labute approximate surface area is 699 Å². The molecule has 120 heavy (non-hydrogen) atoms. The van der Waals surface area contributed by atoms with Gasteiger partial charge in [0.15, 0.2) is 23.3 Å². The number of benzene rings is 1. The first-order valence-corrected chi connectivity index (χ1v) is 39.7. The van der Waals surface area contributed by atoms with Crippen LogP contribution in [0, 0.1) is 20.8 Å². The zero-order chi connectivity index (χ0) is 85.5. The first kappa shape index (κ1) is 90.4. The number of carbonyl (C=O) groups is 9. The van der Waals surface area contributed by atoms with Gasteiger partial charge in [-0.1, -0.05) is 23.7 Å². The van der Waals surface area contributed by atoms with E-state index in [0.29, 0.717) is 133 Å². The summed E-state index contributed by atoms with van der Waals surface area (Å²) in [5.74, 6) is -2.18. The summed E-state index contributed by atoms with van der Waals surface area (Å²) in [6.45, 7) is 12.4. The maximum atomic E-state index is 13.6. The van der Waals surface area contributed by atoms with Gasteiger partial charge in [0.05, 0.1) is 147 Å². The number of hydrogen-bond acceptors (Lipinski definition) is 26. The molecule has 0 saturated heterocycles. The number of hydrogen-bond donors (Lipinski definition) is 9. The van der Waals surface area contributed by atoms with Gasteiger partial charge in [-0.25, -0.2) is 15.0 Å². The summed E-state index contributed by atoms with van der Waals surface area (Å²) in [5, 5.41) is 34.7.